The molecule has 0 aromatic carbocycles. The Hall–Kier alpha value is -0.0800. The Labute approximate surface area is 75.0 Å². The van der Waals surface area contributed by atoms with Gasteiger partial charge in [-0.3, -0.25) is 0 Å². The topological polar surface area (TPSA) is 0 Å². The molecule has 62 valence electrons. The number of halogens is 2. The molecule has 0 atom stereocenters. The summed E-state index contributed by atoms with van der Waals surface area (Å²) >= 11 is 7.26. The van der Waals surface area contributed by atoms with E-state index in [1.54, 1.807) is 0 Å². The number of thiophene rings is 1. The Bertz CT molecular complexity index is 232. The maximum atomic E-state index is 12.3. The third-order valence-electron chi connectivity index (χ3n) is 1.55. The van der Waals surface area contributed by atoms with E-state index in [2.05, 4.69) is 6.92 Å². The molecule has 0 saturated carbocycles. The van der Waals surface area contributed by atoms with Crippen LogP contribution in [-0.4, -0.2) is 0 Å². The van der Waals surface area contributed by atoms with Crippen LogP contribution in [-0.2, 0) is 13.1 Å². The SMILES string of the molecule is CCCc1c(Cl)csc1CF. The molecule has 0 aliphatic heterocycles. The van der Waals surface area contributed by atoms with Gasteiger partial charge in [0.05, 0.1) is 5.02 Å². The largest absolute Gasteiger partial charge is 0.245 e. The second-order valence-corrected chi connectivity index (χ2v) is 3.74. The second kappa shape index (κ2) is 4.07. The fraction of sp³-hybridized carbons (Fsp3) is 0.500. The van der Waals surface area contributed by atoms with Gasteiger partial charge in [0.2, 0.25) is 0 Å². The first kappa shape index (κ1) is 9.01. The highest BCUT2D eigenvalue weighted by Gasteiger charge is 2.07. The molecule has 0 saturated heterocycles. The molecule has 1 aromatic heterocycles. The summed E-state index contributed by atoms with van der Waals surface area (Å²) in [7, 11) is 0. The van der Waals surface area contributed by atoms with Crippen LogP contribution in [0.1, 0.15) is 23.8 Å². The van der Waals surface area contributed by atoms with Crippen molar-refractivity contribution in [1.82, 2.24) is 0 Å². The molecular weight excluding hydrogens is 183 g/mol. The normalized spacial score (nSPS) is 10.5. The summed E-state index contributed by atoms with van der Waals surface area (Å²) in [5.41, 5.74) is 1.00. The molecule has 1 rings (SSSR count). The van der Waals surface area contributed by atoms with Crippen molar-refractivity contribution in [3.63, 3.8) is 0 Å². The van der Waals surface area contributed by atoms with Crippen LogP contribution in [0.15, 0.2) is 5.38 Å². The van der Waals surface area contributed by atoms with E-state index < -0.39 is 0 Å². The molecule has 0 unspecified atom stereocenters. The highest BCUT2D eigenvalue weighted by Crippen LogP contribution is 2.28. The Morgan fingerprint density at radius 1 is 1.64 bits per heavy atom. The van der Waals surface area contributed by atoms with E-state index in [1.807, 2.05) is 5.38 Å². The summed E-state index contributed by atoms with van der Waals surface area (Å²) in [5, 5.41) is 2.53. The zero-order chi connectivity index (χ0) is 8.27. The van der Waals surface area contributed by atoms with E-state index >= 15 is 0 Å². The minimum absolute atomic E-state index is 0.382. The molecule has 0 N–H and O–H groups in total. The van der Waals surface area contributed by atoms with Crippen LogP contribution in [0.3, 0.4) is 0 Å². The van der Waals surface area contributed by atoms with Gasteiger partial charge in [-0.15, -0.1) is 11.3 Å². The quantitative estimate of drug-likeness (QED) is 0.683. The van der Waals surface area contributed by atoms with E-state index in [-0.39, 0.29) is 6.67 Å². The maximum Gasteiger partial charge on any atom is 0.124 e. The molecule has 1 heterocycles. The average molecular weight is 193 g/mol. The first-order chi connectivity index (χ1) is 5.29. The van der Waals surface area contributed by atoms with Crippen LogP contribution in [0.2, 0.25) is 5.02 Å². The summed E-state index contributed by atoms with van der Waals surface area (Å²) < 4.78 is 12.3. The van der Waals surface area contributed by atoms with Crippen molar-refractivity contribution in [3.8, 4) is 0 Å². The van der Waals surface area contributed by atoms with Crippen molar-refractivity contribution < 1.29 is 4.39 Å². The monoisotopic (exact) mass is 192 g/mol. The van der Waals surface area contributed by atoms with Crippen molar-refractivity contribution in [3.05, 3.63) is 20.8 Å². The van der Waals surface area contributed by atoms with Gasteiger partial charge >= 0.3 is 0 Å². The predicted octanol–water partition coefficient (Wildman–Crippen LogP) is 3.82. The summed E-state index contributed by atoms with van der Waals surface area (Å²) in [6.07, 6.45) is 1.91. The summed E-state index contributed by atoms with van der Waals surface area (Å²) in [5.74, 6) is 0. The Morgan fingerprint density at radius 3 is 2.91 bits per heavy atom. The van der Waals surface area contributed by atoms with Crippen molar-refractivity contribution in [1.29, 1.82) is 0 Å². The molecule has 0 spiro atoms. The number of hydrogen-bond acceptors (Lipinski definition) is 1. The van der Waals surface area contributed by atoms with Gasteiger partial charge in [0.1, 0.15) is 6.67 Å². The van der Waals surface area contributed by atoms with Crippen LogP contribution < -0.4 is 0 Å². The molecule has 0 amide bonds. The molecule has 1 aromatic rings. The lowest BCUT2D eigenvalue weighted by molar-refractivity contribution is 0.488. The first-order valence-corrected chi connectivity index (χ1v) is 4.86. The van der Waals surface area contributed by atoms with E-state index in [1.165, 1.54) is 11.3 Å². The van der Waals surface area contributed by atoms with Crippen LogP contribution in [0.25, 0.3) is 0 Å². The Balaban J connectivity index is 2.88. The lowest BCUT2D eigenvalue weighted by Crippen LogP contribution is -1.85. The second-order valence-electron chi connectivity index (χ2n) is 2.37. The fourth-order valence-electron chi connectivity index (χ4n) is 1.02. The smallest absolute Gasteiger partial charge is 0.124 e. The molecule has 0 bridgehead atoms. The minimum atomic E-state index is -0.382. The average Bonchev–Trinajstić information content (AvgIpc) is 2.34. The van der Waals surface area contributed by atoms with Crippen molar-refractivity contribution in [2.75, 3.05) is 0 Å². The molecule has 0 fully saturated rings. The predicted molar refractivity (Wildman–Crippen MR) is 48.1 cm³/mol. The van der Waals surface area contributed by atoms with E-state index in [0.29, 0.717) is 0 Å². The highest BCUT2D eigenvalue weighted by atomic mass is 35.5. The van der Waals surface area contributed by atoms with Crippen LogP contribution >= 0.6 is 22.9 Å². The third-order valence-corrected chi connectivity index (χ3v) is 3.01. The summed E-state index contributed by atoms with van der Waals surface area (Å²) in [6, 6.07) is 0. The van der Waals surface area contributed by atoms with Crippen LogP contribution in [0.4, 0.5) is 4.39 Å². The molecular formula is C8H10ClFS. The van der Waals surface area contributed by atoms with Gasteiger partial charge in [-0.1, -0.05) is 24.9 Å². The van der Waals surface area contributed by atoms with Crippen LogP contribution in [0, 0.1) is 0 Å². The molecule has 0 aliphatic carbocycles. The number of hydrogen-bond donors (Lipinski definition) is 0. The Morgan fingerprint density at radius 2 is 2.36 bits per heavy atom. The standard InChI is InChI=1S/C8H10ClFS/c1-2-3-6-7(9)5-11-8(6)4-10/h5H,2-4H2,1H3. The van der Waals surface area contributed by atoms with Gasteiger partial charge in [0, 0.05) is 10.3 Å². The van der Waals surface area contributed by atoms with Gasteiger partial charge in [-0.2, -0.15) is 0 Å². The highest BCUT2D eigenvalue weighted by molar-refractivity contribution is 7.10. The first-order valence-electron chi connectivity index (χ1n) is 3.60. The number of alkyl halides is 1. The summed E-state index contributed by atoms with van der Waals surface area (Å²) in [4.78, 5) is 0.789. The van der Waals surface area contributed by atoms with Gasteiger partial charge in [-0.25, -0.2) is 4.39 Å². The zero-order valence-corrected chi connectivity index (χ0v) is 7.94. The van der Waals surface area contributed by atoms with Gasteiger partial charge in [0.25, 0.3) is 0 Å². The number of rotatable bonds is 3. The molecule has 11 heavy (non-hydrogen) atoms. The van der Waals surface area contributed by atoms with E-state index in [9.17, 15) is 4.39 Å². The Kier molecular flexibility index (Phi) is 3.34. The van der Waals surface area contributed by atoms with E-state index in [4.69, 9.17) is 11.6 Å². The molecule has 0 radical (unpaired) electrons. The van der Waals surface area contributed by atoms with E-state index in [0.717, 1.165) is 28.3 Å². The van der Waals surface area contributed by atoms with Gasteiger partial charge in [0.15, 0.2) is 0 Å². The van der Waals surface area contributed by atoms with Gasteiger partial charge in [-0.05, 0) is 12.0 Å². The summed E-state index contributed by atoms with van der Waals surface area (Å²) in [6.45, 7) is 1.68. The minimum Gasteiger partial charge on any atom is -0.245 e. The molecule has 3 heteroatoms. The molecule has 0 aliphatic rings. The maximum absolute atomic E-state index is 12.3. The fourth-order valence-corrected chi connectivity index (χ4v) is 2.22. The molecule has 0 nitrogen and oxygen atoms in total. The van der Waals surface area contributed by atoms with Crippen molar-refractivity contribution in [2.45, 2.75) is 26.4 Å². The van der Waals surface area contributed by atoms with Crippen LogP contribution in [0.5, 0.6) is 0 Å². The third kappa shape index (κ3) is 1.94. The van der Waals surface area contributed by atoms with Crippen molar-refractivity contribution in [2.24, 2.45) is 0 Å². The van der Waals surface area contributed by atoms with Crippen molar-refractivity contribution >= 4 is 22.9 Å². The van der Waals surface area contributed by atoms with Gasteiger partial charge < -0.3 is 0 Å². The lowest BCUT2D eigenvalue weighted by atomic mass is 10.1. The zero-order valence-electron chi connectivity index (χ0n) is 6.36. The lowest BCUT2D eigenvalue weighted by Gasteiger charge is -1.97.